The lowest BCUT2D eigenvalue weighted by Gasteiger charge is -2.40. The lowest BCUT2D eigenvalue weighted by Crippen LogP contribution is -2.41. The number of carbonyl (C=O) groups is 1. The van der Waals surface area contributed by atoms with E-state index in [0.29, 0.717) is 5.25 Å². The molecule has 4 heteroatoms. The van der Waals surface area contributed by atoms with E-state index >= 15 is 0 Å². The number of thioether (sulfide) groups is 1. The van der Waals surface area contributed by atoms with Crippen LogP contribution in [0.4, 0.5) is 4.79 Å². The SMILES string of the molecule is CC(C)(C)OC(=O)NC1CCC(SC(c2ccccc2)(c2ccccc2)c2ccccc2)CC1. The first-order valence-electron chi connectivity index (χ1n) is 12.2. The average Bonchev–Trinajstić information content (AvgIpc) is 2.84. The van der Waals surface area contributed by atoms with Gasteiger partial charge in [0.2, 0.25) is 0 Å². The van der Waals surface area contributed by atoms with Crippen LogP contribution in [0.25, 0.3) is 0 Å². The van der Waals surface area contributed by atoms with Crippen LogP contribution >= 0.6 is 11.8 Å². The maximum atomic E-state index is 12.3. The second-order valence-corrected chi connectivity index (χ2v) is 11.5. The summed E-state index contributed by atoms with van der Waals surface area (Å²) in [5, 5.41) is 3.57. The standard InChI is InChI=1S/C30H35NO2S/c1-29(2,3)33-28(32)31-26-19-21-27(22-20-26)34-30(23-13-7-4-8-14-23,24-15-9-5-10-16-24)25-17-11-6-12-18-25/h4-18,26-27H,19-22H2,1-3H3,(H,31,32). The molecule has 0 aliphatic heterocycles. The Balaban J connectivity index is 1.59. The first-order chi connectivity index (χ1) is 16.4. The molecule has 1 aliphatic carbocycles. The van der Waals surface area contributed by atoms with Crippen LogP contribution in [0.15, 0.2) is 91.0 Å². The van der Waals surface area contributed by atoms with E-state index in [1.165, 1.54) is 16.7 Å². The Morgan fingerprint density at radius 1 is 0.735 bits per heavy atom. The van der Waals surface area contributed by atoms with Crippen LogP contribution in [0, 0.1) is 0 Å². The number of amides is 1. The Kier molecular flexibility index (Phi) is 7.67. The van der Waals surface area contributed by atoms with Gasteiger partial charge in [-0.3, -0.25) is 0 Å². The maximum absolute atomic E-state index is 12.3. The van der Waals surface area contributed by atoms with E-state index in [0.717, 1.165) is 25.7 Å². The van der Waals surface area contributed by atoms with Crippen molar-refractivity contribution >= 4 is 17.9 Å². The third kappa shape index (κ3) is 5.85. The van der Waals surface area contributed by atoms with Crippen molar-refractivity contribution in [2.75, 3.05) is 0 Å². The van der Waals surface area contributed by atoms with Gasteiger partial charge in [-0.1, -0.05) is 91.0 Å². The van der Waals surface area contributed by atoms with E-state index in [1.807, 2.05) is 20.8 Å². The third-order valence-corrected chi connectivity index (χ3v) is 8.14. The Labute approximate surface area is 208 Å². The van der Waals surface area contributed by atoms with Crippen molar-refractivity contribution in [3.63, 3.8) is 0 Å². The summed E-state index contributed by atoms with van der Waals surface area (Å²) in [6, 6.07) is 32.8. The molecule has 1 fully saturated rings. The molecule has 0 bridgehead atoms. The molecule has 3 aromatic rings. The van der Waals surface area contributed by atoms with Crippen molar-refractivity contribution < 1.29 is 9.53 Å². The predicted octanol–water partition coefficient (Wildman–Crippen LogP) is 7.55. The lowest BCUT2D eigenvalue weighted by atomic mass is 9.84. The molecule has 3 aromatic carbocycles. The number of benzene rings is 3. The normalized spacial score (nSPS) is 18.8. The molecule has 1 saturated carbocycles. The molecule has 0 radical (unpaired) electrons. The van der Waals surface area contributed by atoms with Crippen molar-refractivity contribution in [2.24, 2.45) is 0 Å². The van der Waals surface area contributed by atoms with Gasteiger partial charge in [0.1, 0.15) is 5.60 Å². The second kappa shape index (κ2) is 10.7. The fourth-order valence-electron chi connectivity index (χ4n) is 4.77. The minimum Gasteiger partial charge on any atom is -0.444 e. The number of nitrogens with one attached hydrogen (secondary N) is 1. The first kappa shape index (κ1) is 24.4. The van der Waals surface area contributed by atoms with Crippen LogP contribution < -0.4 is 5.32 Å². The average molecular weight is 474 g/mol. The van der Waals surface area contributed by atoms with Crippen LogP contribution in [0.2, 0.25) is 0 Å². The van der Waals surface area contributed by atoms with Gasteiger partial charge in [0.25, 0.3) is 0 Å². The Morgan fingerprint density at radius 2 is 1.15 bits per heavy atom. The van der Waals surface area contributed by atoms with Crippen LogP contribution in [-0.2, 0) is 9.48 Å². The molecular weight excluding hydrogens is 438 g/mol. The summed E-state index contributed by atoms with van der Waals surface area (Å²) >= 11 is 2.06. The minimum atomic E-state index is -0.474. The van der Waals surface area contributed by atoms with Crippen molar-refractivity contribution in [2.45, 2.75) is 68.1 Å². The van der Waals surface area contributed by atoms with E-state index < -0.39 is 5.60 Å². The molecule has 0 atom stereocenters. The largest absolute Gasteiger partial charge is 0.444 e. The predicted molar refractivity (Wildman–Crippen MR) is 142 cm³/mol. The smallest absolute Gasteiger partial charge is 0.407 e. The van der Waals surface area contributed by atoms with Gasteiger partial charge in [-0.2, -0.15) is 0 Å². The molecule has 0 saturated heterocycles. The minimum absolute atomic E-state index is 0.172. The number of alkyl carbamates (subject to hydrolysis) is 1. The van der Waals surface area contributed by atoms with Crippen molar-refractivity contribution in [1.29, 1.82) is 0 Å². The zero-order chi connectivity index (χ0) is 24.0. The Morgan fingerprint density at radius 3 is 1.53 bits per heavy atom. The van der Waals surface area contributed by atoms with Gasteiger partial charge in [-0.25, -0.2) is 4.79 Å². The molecule has 4 rings (SSSR count). The van der Waals surface area contributed by atoms with Crippen LogP contribution in [-0.4, -0.2) is 23.0 Å². The summed E-state index contributed by atoms with van der Waals surface area (Å²) in [6.45, 7) is 5.70. The second-order valence-electron chi connectivity index (χ2n) is 10.0. The topological polar surface area (TPSA) is 38.3 Å². The molecule has 0 aromatic heterocycles. The Hall–Kier alpha value is -2.72. The third-order valence-electron chi connectivity index (χ3n) is 6.28. The zero-order valence-corrected chi connectivity index (χ0v) is 21.2. The highest BCUT2D eigenvalue weighted by atomic mass is 32.2. The molecule has 0 unspecified atom stereocenters. The fourth-order valence-corrected chi connectivity index (χ4v) is 6.60. The van der Waals surface area contributed by atoms with Crippen LogP contribution in [0.1, 0.15) is 63.1 Å². The number of ether oxygens (including phenoxy) is 1. The summed E-state index contributed by atoms with van der Waals surface area (Å²) < 4.78 is 5.17. The summed E-state index contributed by atoms with van der Waals surface area (Å²) in [4.78, 5) is 12.3. The number of carbonyl (C=O) groups excluding carboxylic acids is 1. The molecule has 178 valence electrons. The van der Waals surface area contributed by atoms with E-state index in [1.54, 1.807) is 0 Å². The van der Waals surface area contributed by atoms with Crippen molar-refractivity contribution in [3.05, 3.63) is 108 Å². The molecule has 1 N–H and O–H groups in total. The number of rotatable bonds is 6. The molecular formula is C30H35NO2S. The summed E-state index contributed by atoms with van der Waals surface area (Å²) in [6.07, 6.45) is 3.73. The maximum Gasteiger partial charge on any atom is 0.407 e. The van der Waals surface area contributed by atoms with Gasteiger partial charge in [0.15, 0.2) is 0 Å². The fraction of sp³-hybridized carbons (Fsp3) is 0.367. The van der Waals surface area contributed by atoms with Gasteiger partial charge < -0.3 is 10.1 Å². The molecule has 34 heavy (non-hydrogen) atoms. The molecule has 1 amide bonds. The highest BCUT2D eigenvalue weighted by Gasteiger charge is 2.40. The quantitative estimate of drug-likeness (QED) is 0.376. The molecule has 1 aliphatic rings. The Bertz CT molecular complexity index is 943. The summed E-state index contributed by atoms with van der Waals surface area (Å²) in [5.41, 5.74) is 3.42. The molecule has 0 spiro atoms. The zero-order valence-electron chi connectivity index (χ0n) is 20.4. The molecule has 3 nitrogen and oxygen atoms in total. The van der Waals surface area contributed by atoms with Crippen LogP contribution in [0.5, 0.6) is 0 Å². The monoisotopic (exact) mass is 473 g/mol. The molecule has 0 heterocycles. The van der Waals surface area contributed by atoms with E-state index in [2.05, 4.69) is 108 Å². The van der Waals surface area contributed by atoms with Gasteiger partial charge in [0, 0.05) is 11.3 Å². The van der Waals surface area contributed by atoms with Crippen LogP contribution in [0.3, 0.4) is 0 Å². The van der Waals surface area contributed by atoms with Crippen molar-refractivity contribution in [1.82, 2.24) is 5.32 Å². The first-order valence-corrected chi connectivity index (χ1v) is 13.1. The summed E-state index contributed by atoms with van der Waals surface area (Å²) in [7, 11) is 0. The van der Waals surface area contributed by atoms with Gasteiger partial charge in [-0.15, -0.1) is 11.8 Å². The highest BCUT2D eigenvalue weighted by molar-refractivity contribution is 8.01. The van der Waals surface area contributed by atoms with Gasteiger partial charge in [-0.05, 0) is 63.1 Å². The number of hydrogen-bond donors (Lipinski definition) is 1. The highest BCUT2D eigenvalue weighted by Crippen LogP contribution is 2.52. The summed E-state index contributed by atoms with van der Waals surface area (Å²) in [5.74, 6) is 0. The van der Waals surface area contributed by atoms with E-state index in [9.17, 15) is 4.79 Å². The number of hydrogen-bond acceptors (Lipinski definition) is 3. The van der Waals surface area contributed by atoms with E-state index in [4.69, 9.17) is 4.74 Å². The van der Waals surface area contributed by atoms with Gasteiger partial charge >= 0.3 is 6.09 Å². The van der Waals surface area contributed by atoms with Gasteiger partial charge in [0.05, 0.1) is 4.75 Å². The van der Waals surface area contributed by atoms with E-state index in [-0.39, 0.29) is 16.9 Å². The lowest BCUT2D eigenvalue weighted by molar-refractivity contribution is 0.0493. The van der Waals surface area contributed by atoms with Crippen molar-refractivity contribution in [3.8, 4) is 0 Å².